The molecule has 8 heteroatoms. The lowest BCUT2D eigenvalue weighted by molar-refractivity contribution is -0.119. The van der Waals surface area contributed by atoms with Crippen molar-refractivity contribution >= 4 is 17.4 Å². The standard InChI is InChI=1S/C18H25N5O3/c1-3-10-20-14(24)12-22(4-2)15-16(19)23(18(26)21-17(15)25)11-13-8-6-5-7-9-13/h5-9H,3-4,10-12,19H2,1-2H3,(H,20,24)(H,21,25,26). The molecule has 0 aliphatic heterocycles. The average Bonchev–Trinajstić information content (AvgIpc) is 2.63. The Hall–Kier alpha value is -3.03. The van der Waals surface area contributed by atoms with E-state index in [9.17, 15) is 14.4 Å². The second-order valence-corrected chi connectivity index (χ2v) is 5.93. The molecular formula is C18H25N5O3. The van der Waals surface area contributed by atoms with E-state index in [0.717, 1.165) is 12.0 Å². The van der Waals surface area contributed by atoms with Crippen LogP contribution in [0.2, 0.25) is 0 Å². The van der Waals surface area contributed by atoms with Crippen LogP contribution < -0.4 is 27.2 Å². The van der Waals surface area contributed by atoms with Crippen LogP contribution in [-0.4, -0.2) is 35.1 Å². The molecule has 2 aromatic rings. The van der Waals surface area contributed by atoms with Crippen molar-refractivity contribution in [1.29, 1.82) is 0 Å². The van der Waals surface area contributed by atoms with Crippen LogP contribution in [0.1, 0.15) is 25.8 Å². The van der Waals surface area contributed by atoms with Gasteiger partial charge in [0.15, 0.2) is 0 Å². The number of H-pyrrole nitrogens is 1. The number of amides is 1. The summed E-state index contributed by atoms with van der Waals surface area (Å²) in [7, 11) is 0. The van der Waals surface area contributed by atoms with E-state index in [4.69, 9.17) is 5.73 Å². The number of nitrogens with one attached hydrogen (secondary N) is 2. The predicted octanol–water partition coefficient (Wildman–Crippen LogP) is 0.520. The average molecular weight is 359 g/mol. The van der Waals surface area contributed by atoms with Crippen LogP contribution in [-0.2, 0) is 11.3 Å². The molecule has 0 unspecified atom stereocenters. The second-order valence-electron chi connectivity index (χ2n) is 5.93. The number of hydrogen-bond donors (Lipinski definition) is 3. The SMILES string of the molecule is CCCNC(=O)CN(CC)c1c(N)n(Cc2ccccc2)c(=O)[nH]c1=O. The summed E-state index contributed by atoms with van der Waals surface area (Å²) in [6.07, 6.45) is 0.822. The number of rotatable bonds is 8. The first kappa shape index (κ1) is 19.3. The normalized spacial score (nSPS) is 10.5. The van der Waals surface area contributed by atoms with Gasteiger partial charge in [0.2, 0.25) is 5.91 Å². The van der Waals surface area contributed by atoms with E-state index < -0.39 is 11.2 Å². The minimum Gasteiger partial charge on any atom is -0.383 e. The molecular weight excluding hydrogens is 334 g/mol. The molecule has 1 amide bonds. The first-order chi connectivity index (χ1) is 12.5. The molecule has 140 valence electrons. The molecule has 0 saturated heterocycles. The van der Waals surface area contributed by atoms with E-state index in [1.807, 2.05) is 44.2 Å². The third-order valence-corrected chi connectivity index (χ3v) is 4.00. The van der Waals surface area contributed by atoms with E-state index in [2.05, 4.69) is 10.3 Å². The molecule has 26 heavy (non-hydrogen) atoms. The summed E-state index contributed by atoms with van der Waals surface area (Å²) in [6.45, 7) is 4.97. The summed E-state index contributed by atoms with van der Waals surface area (Å²) >= 11 is 0. The van der Waals surface area contributed by atoms with Gasteiger partial charge in [-0.2, -0.15) is 0 Å². The number of likely N-dealkylation sites (N-methyl/N-ethyl adjacent to an activating group) is 1. The third-order valence-electron chi connectivity index (χ3n) is 4.00. The lowest BCUT2D eigenvalue weighted by atomic mass is 10.2. The Balaban J connectivity index is 2.38. The molecule has 1 aromatic heterocycles. The van der Waals surface area contributed by atoms with Crippen LogP contribution in [0.15, 0.2) is 39.9 Å². The molecule has 4 N–H and O–H groups in total. The molecule has 0 bridgehead atoms. The van der Waals surface area contributed by atoms with Gasteiger partial charge in [-0.15, -0.1) is 0 Å². The lowest BCUT2D eigenvalue weighted by Gasteiger charge is -2.24. The van der Waals surface area contributed by atoms with Gasteiger partial charge in [0, 0.05) is 13.1 Å². The molecule has 0 fully saturated rings. The highest BCUT2D eigenvalue weighted by molar-refractivity contribution is 5.82. The van der Waals surface area contributed by atoms with Crippen molar-refractivity contribution < 1.29 is 4.79 Å². The lowest BCUT2D eigenvalue weighted by Crippen LogP contribution is -2.43. The number of nitrogens with zero attached hydrogens (tertiary/aromatic N) is 2. The number of aromatic amines is 1. The predicted molar refractivity (Wildman–Crippen MR) is 102 cm³/mol. The van der Waals surface area contributed by atoms with Gasteiger partial charge in [0.25, 0.3) is 5.56 Å². The zero-order chi connectivity index (χ0) is 19.1. The highest BCUT2D eigenvalue weighted by Gasteiger charge is 2.20. The zero-order valence-electron chi connectivity index (χ0n) is 15.1. The molecule has 0 aliphatic rings. The highest BCUT2D eigenvalue weighted by Crippen LogP contribution is 2.17. The summed E-state index contributed by atoms with van der Waals surface area (Å²) in [5.74, 6) is -0.152. The van der Waals surface area contributed by atoms with Gasteiger partial charge in [-0.3, -0.25) is 19.1 Å². The second kappa shape index (κ2) is 8.89. The Bertz CT molecular complexity index is 857. The quantitative estimate of drug-likeness (QED) is 0.636. The van der Waals surface area contributed by atoms with E-state index in [1.54, 1.807) is 4.90 Å². The van der Waals surface area contributed by atoms with Crippen LogP contribution in [0.3, 0.4) is 0 Å². The first-order valence-corrected chi connectivity index (χ1v) is 8.66. The van der Waals surface area contributed by atoms with Crippen molar-refractivity contribution in [2.24, 2.45) is 0 Å². The van der Waals surface area contributed by atoms with Crippen LogP contribution in [0.25, 0.3) is 0 Å². The number of nitrogens with two attached hydrogens (primary N) is 1. The maximum Gasteiger partial charge on any atom is 0.330 e. The summed E-state index contributed by atoms with van der Waals surface area (Å²) in [6, 6.07) is 9.33. The van der Waals surface area contributed by atoms with Gasteiger partial charge in [0.05, 0.1) is 13.1 Å². The number of anilines is 2. The Kier molecular flexibility index (Phi) is 6.60. The fourth-order valence-electron chi connectivity index (χ4n) is 2.65. The summed E-state index contributed by atoms with van der Waals surface area (Å²) < 4.78 is 1.30. The topological polar surface area (TPSA) is 113 Å². The molecule has 8 nitrogen and oxygen atoms in total. The first-order valence-electron chi connectivity index (χ1n) is 8.66. The van der Waals surface area contributed by atoms with E-state index >= 15 is 0 Å². The molecule has 1 aromatic carbocycles. The molecule has 2 rings (SSSR count). The number of carbonyl (C=O) groups excluding carboxylic acids is 1. The summed E-state index contributed by atoms with van der Waals surface area (Å²) in [5, 5.41) is 2.77. The van der Waals surface area contributed by atoms with Gasteiger partial charge in [-0.25, -0.2) is 4.79 Å². The van der Waals surface area contributed by atoms with Crippen LogP contribution in [0.5, 0.6) is 0 Å². The number of nitrogen functional groups attached to an aromatic ring is 1. The highest BCUT2D eigenvalue weighted by atomic mass is 16.2. The zero-order valence-corrected chi connectivity index (χ0v) is 15.1. The molecule has 0 atom stereocenters. The minimum absolute atomic E-state index is 0.00663. The molecule has 0 saturated carbocycles. The maximum absolute atomic E-state index is 12.3. The summed E-state index contributed by atoms with van der Waals surface area (Å²) in [4.78, 5) is 40.5. The van der Waals surface area contributed by atoms with Gasteiger partial charge in [-0.1, -0.05) is 37.3 Å². The van der Waals surface area contributed by atoms with Gasteiger partial charge < -0.3 is 16.0 Å². The van der Waals surface area contributed by atoms with Crippen LogP contribution in [0.4, 0.5) is 11.5 Å². The fourth-order valence-corrected chi connectivity index (χ4v) is 2.65. The largest absolute Gasteiger partial charge is 0.383 e. The molecule has 0 radical (unpaired) electrons. The number of aromatic nitrogens is 2. The van der Waals surface area contributed by atoms with E-state index in [1.165, 1.54) is 4.57 Å². The summed E-state index contributed by atoms with van der Waals surface area (Å²) in [5.41, 5.74) is 5.99. The fraction of sp³-hybridized carbons (Fsp3) is 0.389. The van der Waals surface area contributed by atoms with Crippen molar-refractivity contribution in [1.82, 2.24) is 14.9 Å². The van der Waals surface area contributed by atoms with Crippen molar-refractivity contribution in [3.8, 4) is 0 Å². The van der Waals surface area contributed by atoms with Crippen molar-refractivity contribution in [3.63, 3.8) is 0 Å². The van der Waals surface area contributed by atoms with Crippen molar-refractivity contribution in [2.75, 3.05) is 30.3 Å². The van der Waals surface area contributed by atoms with Gasteiger partial charge in [0.1, 0.15) is 11.5 Å². The Morgan fingerprint density at radius 3 is 2.54 bits per heavy atom. The molecule has 1 heterocycles. The Morgan fingerprint density at radius 2 is 1.92 bits per heavy atom. The smallest absolute Gasteiger partial charge is 0.330 e. The van der Waals surface area contributed by atoms with Gasteiger partial charge >= 0.3 is 5.69 Å². The van der Waals surface area contributed by atoms with Crippen LogP contribution >= 0.6 is 0 Å². The minimum atomic E-state index is -0.595. The molecule has 0 aliphatic carbocycles. The van der Waals surface area contributed by atoms with Crippen LogP contribution in [0, 0.1) is 0 Å². The van der Waals surface area contributed by atoms with E-state index in [-0.39, 0.29) is 30.5 Å². The Morgan fingerprint density at radius 1 is 1.23 bits per heavy atom. The molecule has 0 spiro atoms. The number of benzene rings is 1. The van der Waals surface area contributed by atoms with E-state index in [0.29, 0.717) is 13.1 Å². The van der Waals surface area contributed by atoms with Crippen molar-refractivity contribution in [2.45, 2.75) is 26.8 Å². The van der Waals surface area contributed by atoms with Gasteiger partial charge in [-0.05, 0) is 18.9 Å². The monoisotopic (exact) mass is 359 g/mol. The Labute approximate surface area is 151 Å². The van der Waals surface area contributed by atoms with Crippen molar-refractivity contribution in [3.05, 3.63) is 56.7 Å². The third kappa shape index (κ3) is 4.53. The number of hydrogen-bond acceptors (Lipinski definition) is 5. The maximum atomic E-state index is 12.3. The number of carbonyl (C=O) groups is 1.